The number of anilines is 1. The SMILES string of the molecule is O=c1[nH]c(N2CCC(Cc3ccccc3)CC2)c(Cc2cccc(Cl)c2)c(=O)n1-c1ccccc1. The summed E-state index contributed by atoms with van der Waals surface area (Å²) in [6, 6.07) is 27.1. The van der Waals surface area contributed by atoms with E-state index in [1.54, 1.807) is 12.1 Å². The zero-order chi connectivity index (χ0) is 24.2. The number of nitrogens with zero attached hydrogens (tertiary/aromatic N) is 2. The first-order valence-corrected chi connectivity index (χ1v) is 12.4. The maximum Gasteiger partial charge on any atom is 0.334 e. The van der Waals surface area contributed by atoms with E-state index < -0.39 is 5.69 Å². The van der Waals surface area contributed by atoms with Gasteiger partial charge in [0.2, 0.25) is 0 Å². The molecule has 1 saturated heterocycles. The zero-order valence-corrected chi connectivity index (χ0v) is 20.2. The Morgan fingerprint density at radius 2 is 1.49 bits per heavy atom. The number of aromatic nitrogens is 2. The van der Waals surface area contributed by atoms with Crippen molar-refractivity contribution in [1.82, 2.24) is 9.55 Å². The molecular formula is C29H28ClN3O2. The van der Waals surface area contributed by atoms with Crippen LogP contribution in [0.25, 0.3) is 5.69 Å². The molecule has 0 bridgehead atoms. The van der Waals surface area contributed by atoms with Crippen molar-refractivity contribution in [2.75, 3.05) is 18.0 Å². The maximum absolute atomic E-state index is 13.7. The molecule has 1 aromatic heterocycles. The molecule has 0 aliphatic carbocycles. The van der Waals surface area contributed by atoms with Crippen molar-refractivity contribution in [2.45, 2.75) is 25.7 Å². The van der Waals surface area contributed by atoms with Crippen molar-refractivity contribution in [3.63, 3.8) is 0 Å². The highest BCUT2D eigenvalue weighted by Gasteiger charge is 2.25. The van der Waals surface area contributed by atoms with Gasteiger partial charge in [-0.25, -0.2) is 9.36 Å². The fraction of sp³-hybridized carbons (Fsp3) is 0.241. The third-order valence-corrected chi connectivity index (χ3v) is 6.99. The molecule has 0 unspecified atom stereocenters. The minimum atomic E-state index is -0.419. The lowest BCUT2D eigenvalue weighted by molar-refractivity contribution is 0.401. The zero-order valence-electron chi connectivity index (χ0n) is 19.5. The predicted molar refractivity (Wildman–Crippen MR) is 142 cm³/mol. The Hall–Kier alpha value is -3.57. The van der Waals surface area contributed by atoms with Gasteiger partial charge in [-0.15, -0.1) is 0 Å². The van der Waals surface area contributed by atoms with Crippen LogP contribution in [-0.2, 0) is 12.8 Å². The number of hydrogen-bond acceptors (Lipinski definition) is 3. The van der Waals surface area contributed by atoms with Crippen LogP contribution >= 0.6 is 11.6 Å². The molecule has 4 aromatic rings. The second-order valence-corrected chi connectivity index (χ2v) is 9.60. The van der Waals surface area contributed by atoms with Gasteiger partial charge in [0, 0.05) is 24.5 Å². The van der Waals surface area contributed by atoms with Gasteiger partial charge in [-0.3, -0.25) is 9.78 Å². The molecule has 0 amide bonds. The molecule has 1 N–H and O–H groups in total. The van der Waals surface area contributed by atoms with Crippen LogP contribution in [0.4, 0.5) is 5.82 Å². The maximum atomic E-state index is 13.7. The molecule has 1 aliphatic rings. The Labute approximate surface area is 209 Å². The van der Waals surface area contributed by atoms with Crippen molar-refractivity contribution in [2.24, 2.45) is 5.92 Å². The van der Waals surface area contributed by atoms with Crippen LogP contribution in [0.5, 0.6) is 0 Å². The molecule has 3 aromatic carbocycles. The molecule has 1 aliphatic heterocycles. The summed E-state index contributed by atoms with van der Waals surface area (Å²) in [6.07, 6.45) is 3.46. The van der Waals surface area contributed by atoms with Crippen molar-refractivity contribution < 1.29 is 0 Å². The van der Waals surface area contributed by atoms with Gasteiger partial charge in [0.25, 0.3) is 5.56 Å². The third kappa shape index (κ3) is 5.25. The average Bonchev–Trinajstić information content (AvgIpc) is 2.87. The quantitative estimate of drug-likeness (QED) is 0.407. The number of piperidine rings is 1. The summed E-state index contributed by atoms with van der Waals surface area (Å²) in [5.74, 6) is 1.21. The summed E-state index contributed by atoms with van der Waals surface area (Å²) < 4.78 is 1.23. The fourth-order valence-electron chi connectivity index (χ4n) is 4.96. The average molecular weight is 486 g/mol. The molecule has 0 saturated carbocycles. The lowest BCUT2D eigenvalue weighted by Crippen LogP contribution is -2.42. The van der Waals surface area contributed by atoms with Gasteiger partial charge in [-0.05, 0) is 60.6 Å². The molecular weight excluding hydrogens is 458 g/mol. The Morgan fingerprint density at radius 1 is 0.829 bits per heavy atom. The van der Waals surface area contributed by atoms with Gasteiger partial charge in [-0.1, -0.05) is 72.3 Å². The molecule has 0 atom stereocenters. The first-order chi connectivity index (χ1) is 17.1. The summed E-state index contributed by atoms with van der Waals surface area (Å²) in [6.45, 7) is 1.59. The topological polar surface area (TPSA) is 58.1 Å². The van der Waals surface area contributed by atoms with E-state index >= 15 is 0 Å². The van der Waals surface area contributed by atoms with Crippen LogP contribution in [0.1, 0.15) is 29.5 Å². The van der Waals surface area contributed by atoms with E-state index in [0.717, 1.165) is 37.9 Å². The minimum Gasteiger partial charge on any atom is -0.358 e. The number of para-hydroxylation sites is 1. The van der Waals surface area contributed by atoms with E-state index in [0.29, 0.717) is 34.4 Å². The van der Waals surface area contributed by atoms with Crippen molar-refractivity contribution >= 4 is 17.4 Å². The van der Waals surface area contributed by atoms with Crippen LogP contribution < -0.4 is 16.1 Å². The summed E-state index contributed by atoms with van der Waals surface area (Å²) in [4.78, 5) is 32.1. The van der Waals surface area contributed by atoms with Crippen LogP contribution in [-0.4, -0.2) is 22.6 Å². The lowest BCUT2D eigenvalue weighted by atomic mass is 9.90. The second-order valence-electron chi connectivity index (χ2n) is 9.16. The van der Waals surface area contributed by atoms with Gasteiger partial charge >= 0.3 is 5.69 Å². The molecule has 35 heavy (non-hydrogen) atoms. The van der Waals surface area contributed by atoms with E-state index in [9.17, 15) is 9.59 Å². The summed E-state index contributed by atoms with van der Waals surface area (Å²) >= 11 is 6.22. The largest absolute Gasteiger partial charge is 0.358 e. The van der Waals surface area contributed by atoms with E-state index in [1.165, 1.54) is 10.1 Å². The highest BCUT2D eigenvalue weighted by Crippen LogP contribution is 2.27. The molecule has 6 heteroatoms. The highest BCUT2D eigenvalue weighted by atomic mass is 35.5. The minimum absolute atomic E-state index is 0.290. The summed E-state index contributed by atoms with van der Waals surface area (Å²) in [5.41, 5.74) is 2.71. The number of hydrogen-bond donors (Lipinski definition) is 1. The number of aromatic amines is 1. The van der Waals surface area contributed by atoms with Crippen molar-refractivity contribution in [3.8, 4) is 5.69 Å². The first-order valence-electron chi connectivity index (χ1n) is 12.1. The lowest BCUT2D eigenvalue weighted by Gasteiger charge is -2.34. The standard InChI is InChI=1S/C29H28ClN3O2/c30-24-11-7-10-23(19-24)20-26-27(31-29(35)33(28(26)34)25-12-5-2-6-13-25)32-16-14-22(15-17-32)18-21-8-3-1-4-9-21/h1-13,19,22H,14-18,20H2,(H,31,35). The molecule has 178 valence electrons. The normalized spacial score (nSPS) is 14.3. The van der Waals surface area contributed by atoms with E-state index in [4.69, 9.17) is 11.6 Å². The monoisotopic (exact) mass is 485 g/mol. The van der Waals surface area contributed by atoms with Gasteiger partial charge in [0.15, 0.2) is 0 Å². The van der Waals surface area contributed by atoms with Gasteiger partial charge in [0.1, 0.15) is 5.82 Å². The summed E-state index contributed by atoms with van der Waals surface area (Å²) in [5, 5.41) is 0.624. The van der Waals surface area contributed by atoms with Gasteiger partial charge in [0.05, 0.1) is 11.3 Å². The molecule has 0 radical (unpaired) electrons. The Bertz CT molecular complexity index is 1410. The molecule has 0 spiro atoms. The highest BCUT2D eigenvalue weighted by molar-refractivity contribution is 6.30. The number of H-pyrrole nitrogens is 1. The first kappa shape index (κ1) is 23.2. The van der Waals surface area contributed by atoms with E-state index in [-0.39, 0.29) is 5.56 Å². The molecule has 2 heterocycles. The van der Waals surface area contributed by atoms with Gasteiger partial charge in [-0.2, -0.15) is 0 Å². The van der Waals surface area contributed by atoms with Crippen LogP contribution in [0, 0.1) is 5.92 Å². The third-order valence-electron chi connectivity index (χ3n) is 6.76. The Morgan fingerprint density at radius 3 is 2.17 bits per heavy atom. The van der Waals surface area contributed by atoms with Crippen molar-refractivity contribution in [3.05, 3.63) is 127 Å². The summed E-state index contributed by atoms with van der Waals surface area (Å²) in [7, 11) is 0. The van der Waals surface area contributed by atoms with Crippen LogP contribution in [0.3, 0.4) is 0 Å². The van der Waals surface area contributed by atoms with Crippen LogP contribution in [0.15, 0.2) is 94.5 Å². The number of rotatable bonds is 6. The second kappa shape index (κ2) is 10.4. The van der Waals surface area contributed by atoms with E-state index in [2.05, 4.69) is 34.1 Å². The smallest absolute Gasteiger partial charge is 0.334 e. The van der Waals surface area contributed by atoms with Crippen molar-refractivity contribution in [1.29, 1.82) is 0 Å². The van der Waals surface area contributed by atoms with Crippen LogP contribution in [0.2, 0.25) is 5.02 Å². The number of halogens is 1. The fourth-order valence-corrected chi connectivity index (χ4v) is 5.17. The molecule has 5 nitrogen and oxygen atoms in total. The molecule has 1 fully saturated rings. The predicted octanol–water partition coefficient (Wildman–Crippen LogP) is 5.23. The number of nitrogens with one attached hydrogen (secondary N) is 1. The Kier molecular flexibility index (Phi) is 6.87. The molecule has 5 rings (SSSR count). The number of benzene rings is 3. The van der Waals surface area contributed by atoms with E-state index in [1.807, 2.05) is 48.5 Å². The van der Waals surface area contributed by atoms with Gasteiger partial charge < -0.3 is 4.90 Å². The Balaban J connectivity index is 1.48.